The van der Waals surface area contributed by atoms with Crippen molar-refractivity contribution in [2.24, 2.45) is 11.3 Å². The third-order valence-electron chi connectivity index (χ3n) is 1.26. The lowest BCUT2D eigenvalue weighted by atomic mass is 9.86. The molecule has 0 aromatic rings. The van der Waals surface area contributed by atoms with Crippen molar-refractivity contribution in [3.05, 3.63) is 0 Å². The van der Waals surface area contributed by atoms with Crippen LogP contribution in [0.15, 0.2) is 0 Å². The van der Waals surface area contributed by atoms with E-state index in [1.807, 2.05) is 0 Å². The highest BCUT2D eigenvalue weighted by molar-refractivity contribution is 7.32. The molecular weight excluding hydrogens is 199 g/mol. The molecule has 0 saturated heterocycles. The largest absolute Gasteiger partial charge is 0.694 e. The van der Waals surface area contributed by atoms with Gasteiger partial charge in [0.2, 0.25) is 0 Å². The first-order valence-corrected chi connectivity index (χ1v) is 6.11. The minimum atomic E-state index is -2.35. The maximum Gasteiger partial charge on any atom is 0.694 e. The second-order valence-electron chi connectivity index (χ2n) is 4.81. The van der Waals surface area contributed by atoms with Crippen molar-refractivity contribution in [1.29, 1.82) is 0 Å². The minimum absolute atomic E-state index is 0.297. The van der Waals surface area contributed by atoms with Crippen LogP contribution in [0.25, 0.3) is 0 Å². The van der Waals surface area contributed by atoms with E-state index in [2.05, 4.69) is 39.1 Å². The Balaban J connectivity index is 0. The molecule has 0 amide bonds. The summed E-state index contributed by atoms with van der Waals surface area (Å²) in [6.07, 6.45) is 1.33. The molecule has 86 valence electrons. The van der Waals surface area contributed by atoms with Gasteiger partial charge in [0.15, 0.2) is 0 Å². The highest BCUT2D eigenvalue weighted by Gasteiger charge is 2.11. The van der Waals surface area contributed by atoms with Gasteiger partial charge < -0.3 is 0 Å². The Kier molecular flexibility index (Phi) is 9.80. The Morgan fingerprint density at radius 3 is 1.79 bits per heavy atom. The summed E-state index contributed by atoms with van der Waals surface area (Å²) in [4.78, 5) is 7.84. The fourth-order valence-electron chi connectivity index (χ4n) is 1.34. The van der Waals surface area contributed by atoms with E-state index in [0.717, 1.165) is 5.92 Å². The molecule has 14 heavy (non-hydrogen) atoms. The number of hydrogen-bond acceptors (Lipinski definition) is 2. The SMILES string of the molecule is CC(C)CC(C)(C)C.CCO[P+](=O)O. The smallest absolute Gasteiger partial charge is 0.133 e. The van der Waals surface area contributed by atoms with Crippen LogP contribution in [0, 0.1) is 11.3 Å². The average molecular weight is 223 g/mol. The van der Waals surface area contributed by atoms with Crippen molar-refractivity contribution >= 4 is 8.25 Å². The molecule has 0 bridgehead atoms. The molecule has 3 nitrogen and oxygen atoms in total. The molecule has 0 fully saturated rings. The number of rotatable bonds is 3. The van der Waals surface area contributed by atoms with E-state index < -0.39 is 8.25 Å². The van der Waals surface area contributed by atoms with Crippen LogP contribution in [-0.4, -0.2) is 11.5 Å². The van der Waals surface area contributed by atoms with Gasteiger partial charge in [0.1, 0.15) is 6.61 Å². The second kappa shape index (κ2) is 8.34. The van der Waals surface area contributed by atoms with Gasteiger partial charge in [-0.25, -0.2) is 0 Å². The molecule has 0 heterocycles. The van der Waals surface area contributed by atoms with Crippen molar-refractivity contribution < 1.29 is 14.0 Å². The zero-order valence-electron chi connectivity index (χ0n) is 10.2. The molecule has 0 radical (unpaired) electrons. The van der Waals surface area contributed by atoms with Gasteiger partial charge in [0, 0.05) is 4.57 Å². The van der Waals surface area contributed by atoms with Gasteiger partial charge in [-0.05, 0) is 24.7 Å². The molecule has 4 heteroatoms. The molecule has 0 aliphatic carbocycles. The summed E-state index contributed by atoms with van der Waals surface area (Å²) in [6.45, 7) is 13.3. The molecule has 0 spiro atoms. The van der Waals surface area contributed by atoms with E-state index in [1.165, 1.54) is 6.42 Å². The van der Waals surface area contributed by atoms with Crippen LogP contribution in [0.3, 0.4) is 0 Å². The van der Waals surface area contributed by atoms with Gasteiger partial charge in [-0.2, -0.15) is 0 Å². The van der Waals surface area contributed by atoms with Gasteiger partial charge in [-0.15, -0.1) is 9.42 Å². The summed E-state index contributed by atoms with van der Waals surface area (Å²) in [7, 11) is -2.35. The molecule has 1 N–H and O–H groups in total. The summed E-state index contributed by atoms with van der Waals surface area (Å²) in [5.41, 5.74) is 0.522. The molecule has 0 aliphatic heterocycles. The Morgan fingerprint density at radius 1 is 1.36 bits per heavy atom. The van der Waals surface area contributed by atoms with E-state index in [9.17, 15) is 4.57 Å². The summed E-state index contributed by atoms with van der Waals surface area (Å²) < 4.78 is 13.6. The van der Waals surface area contributed by atoms with Gasteiger partial charge in [-0.3, -0.25) is 0 Å². The zero-order valence-corrected chi connectivity index (χ0v) is 11.1. The van der Waals surface area contributed by atoms with E-state index in [0.29, 0.717) is 12.0 Å². The van der Waals surface area contributed by atoms with Crippen molar-refractivity contribution in [1.82, 2.24) is 0 Å². The molecule has 0 aliphatic rings. The van der Waals surface area contributed by atoms with Crippen LogP contribution >= 0.6 is 8.25 Å². The predicted octanol–water partition coefficient (Wildman–Crippen LogP) is 3.75. The van der Waals surface area contributed by atoms with E-state index in [-0.39, 0.29) is 0 Å². The number of hydrogen-bond donors (Lipinski definition) is 1. The lowest BCUT2D eigenvalue weighted by Crippen LogP contribution is -2.08. The quantitative estimate of drug-likeness (QED) is 0.741. The van der Waals surface area contributed by atoms with Crippen molar-refractivity contribution in [2.45, 2.75) is 48.0 Å². The Bertz CT molecular complexity index is 150. The molecule has 0 saturated carbocycles. The van der Waals surface area contributed by atoms with Gasteiger partial charge in [-0.1, -0.05) is 34.6 Å². The van der Waals surface area contributed by atoms with Crippen LogP contribution < -0.4 is 0 Å². The maximum atomic E-state index is 9.53. The minimum Gasteiger partial charge on any atom is -0.133 e. The summed E-state index contributed by atoms with van der Waals surface area (Å²) in [6, 6.07) is 0. The third kappa shape index (κ3) is 22.7. The molecular formula is C10H24O3P+. The molecule has 1 atom stereocenters. The first kappa shape index (κ1) is 16.4. The van der Waals surface area contributed by atoms with Crippen LogP contribution in [0.4, 0.5) is 0 Å². The topological polar surface area (TPSA) is 46.5 Å². The standard InChI is InChI=1S/C8H18.C2H5O3P/c1-7(2)6-8(3,4)5;1-2-5-6(3)4/h7H,6H2,1-5H3;2H2,1H3/p+1. The fourth-order valence-corrected chi connectivity index (χ4v) is 1.56. The van der Waals surface area contributed by atoms with Crippen LogP contribution in [0.5, 0.6) is 0 Å². The fraction of sp³-hybridized carbons (Fsp3) is 1.00. The highest BCUT2D eigenvalue weighted by Crippen LogP contribution is 2.23. The van der Waals surface area contributed by atoms with Crippen LogP contribution in [-0.2, 0) is 9.09 Å². The van der Waals surface area contributed by atoms with E-state index in [4.69, 9.17) is 4.89 Å². The van der Waals surface area contributed by atoms with Crippen LogP contribution in [0.1, 0.15) is 48.0 Å². The zero-order chi connectivity index (χ0) is 11.8. The van der Waals surface area contributed by atoms with Crippen molar-refractivity contribution in [2.75, 3.05) is 6.61 Å². The lowest BCUT2D eigenvalue weighted by molar-refractivity contribution is 0.297. The Labute approximate surface area is 88.8 Å². The lowest BCUT2D eigenvalue weighted by Gasteiger charge is -2.19. The normalized spacial score (nSPS) is 12.1. The molecule has 0 aromatic carbocycles. The first-order chi connectivity index (χ1) is 6.19. The van der Waals surface area contributed by atoms with Crippen LogP contribution in [0.2, 0.25) is 0 Å². The molecule has 0 rings (SSSR count). The Hall–Kier alpha value is 0.0200. The maximum absolute atomic E-state index is 9.53. The Morgan fingerprint density at radius 2 is 1.79 bits per heavy atom. The summed E-state index contributed by atoms with van der Waals surface area (Å²) >= 11 is 0. The molecule has 0 aromatic heterocycles. The summed E-state index contributed by atoms with van der Waals surface area (Å²) in [5.74, 6) is 0.843. The van der Waals surface area contributed by atoms with Crippen molar-refractivity contribution in [3.8, 4) is 0 Å². The average Bonchev–Trinajstić information content (AvgIpc) is 1.80. The first-order valence-electron chi connectivity index (χ1n) is 4.98. The predicted molar refractivity (Wildman–Crippen MR) is 60.4 cm³/mol. The summed E-state index contributed by atoms with van der Waals surface area (Å²) in [5, 5.41) is 0. The third-order valence-corrected chi connectivity index (χ3v) is 1.74. The molecule has 1 unspecified atom stereocenters. The van der Waals surface area contributed by atoms with E-state index >= 15 is 0 Å². The van der Waals surface area contributed by atoms with Gasteiger partial charge in [0.25, 0.3) is 0 Å². The second-order valence-corrected chi connectivity index (χ2v) is 5.55. The van der Waals surface area contributed by atoms with Crippen molar-refractivity contribution in [3.63, 3.8) is 0 Å². The van der Waals surface area contributed by atoms with Gasteiger partial charge >= 0.3 is 8.25 Å². The van der Waals surface area contributed by atoms with Gasteiger partial charge in [0.05, 0.1) is 0 Å². The van der Waals surface area contributed by atoms with E-state index in [1.54, 1.807) is 6.92 Å². The highest BCUT2D eigenvalue weighted by atomic mass is 31.1. The monoisotopic (exact) mass is 223 g/mol.